The third-order valence-corrected chi connectivity index (χ3v) is 4.25. The van der Waals surface area contributed by atoms with Crippen LogP contribution in [0.3, 0.4) is 0 Å². The van der Waals surface area contributed by atoms with Crippen LogP contribution >= 0.6 is 0 Å². The summed E-state index contributed by atoms with van der Waals surface area (Å²) < 4.78 is 45.4. The number of ether oxygens (including phenoxy) is 1. The molecule has 0 aromatic heterocycles. The Bertz CT molecular complexity index is 634. The van der Waals surface area contributed by atoms with Crippen LogP contribution in [0.1, 0.15) is 18.9 Å². The van der Waals surface area contributed by atoms with E-state index in [9.17, 15) is 12.8 Å². The minimum atomic E-state index is -3.82. The first-order valence-corrected chi connectivity index (χ1v) is 7.83. The second-order valence-electron chi connectivity index (χ2n) is 4.28. The van der Waals surface area contributed by atoms with Gasteiger partial charge in [-0.3, -0.25) is 0 Å². The molecule has 0 aliphatic carbocycles. The molecule has 0 bridgehead atoms. The predicted molar refractivity (Wildman–Crippen MR) is 76.6 cm³/mol. The van der Waals surface area contributed by atoms with Gasteiger partial charge in [0.25, 0.3) is 0 Å². The van der Waals surface area contributed by atoms with Crippen LogP contribution in [-0.2, 0) is 14.8 Å². The predicted octanol–water partition coefficient (Wildman–Crippen LogP) is 0.873. The Balaban J connectivity index is 3.01. The zero-order valence-electron chi connectivity index (χ0n) is 11.9. The van der Waals surface area contributed by atoms with Crippen LogP contribution in [0, 0.1) is 17.7 Å². The Kier molecular flexibility index (Phi) is 6.78. The lowest BCUT2D eigenvalue weighted by Crippen LogP contribution is -2.37. The van der Waals surface area contributed by atoms with Gasteiger partial charge in [-0.2, -0.15) is 0 Å². The Labute approximate surface area is 124 Å². The van der Waals surface area contributed by atoms with E-state index in [1.165, 1.54) is 19.2 Å². The summed E-state index contributed by atoms with van der Waals surface area (Å²) in [6.07, 6.45) is 0.551. The summed E-state index contributed by atoms with van der Waals surface area (Å²) in [4.78, 5) is -0.177. The maximum absolute atomic E-state index is 13.8. The van der Waals surface area contributed by atoms with Crippen LogP contribution < -0.4 is 4.72 Å². The number of halogens is 1. The first kappa shape index (κ1) is 17.6. The molecule has 1 rings (SSSR count). The number of benzene rings is 1. The minimum absolute atomic E-state index is 0.0342. The normalized spacial score (nSPS) is 12.6. The van der Waals surface area contributed by atoms with Crippen molar-refractivity contribution >= 4 is 10.0 Å². The van der Waals surface area contributed by atoms with Crippen LogP contribution in [0.4, 0.5) is 4.39 Å². The van der Waals surface area contributed by atoms with Gasteiger partial charge in [-0.25, -0.2) is 17.5 Å². The third kappa shape index (κ3) is 5.10. The highest BCUT2D eigenvalue weighted by Crippen LogP contribution is 2.15. The van der Waals surface area contributed by atoms with Gasteiger partial charge in [0.15, 0.2) is 0 Å². The summed E-state index contributed by atoms with van der Waals surface area (Å²) >= 11 is 0. The molecule has 21 heavy (non-hydrogen) atoms. The molecule has 0 spiro atoms. The zero-order valence-corrected chi connectivity index (χ0v) is 12.7. The second-order valence-corrected chi connectivity index (χ2v) is 6.00. The summed E-state index contributed by atoms with van der Waals surface area (Å²) in [5.41, 5.74) is 0.0342. The molecule has 0 saturated heterocycles. The lowest BCUT2D eigenvalue weighted by atomic mass is 10.2. The molecule has 0 radical (unpaired) electrons. The molecule has 1 aromatic carbocycles. The van der Waals surface area contributed by atoms with Gasteiger partial charge in [0.1, 0.15) is 12.4 Å². The summed E-state index contributed by atoms with van der Waals surface area (Å²) in [6.45, 7) is 1.66. The van der Waals surface area contributed by atoms with E-state index in [2.05, 4.69) is 16.6 Å². The van der Waals surface area contributed by atoms with E-state index in [1.807, 2.05) is 6.92 Å². The van der Waals surface area contributed by atoms with Crippen molar-refractivity contribution in [2.24, 2.45) is 0 Å². The molecule has 1 atom stereocenters. The number of sulfonamides is 1. The van der Waals surface area contributed by atoms with Gasteiger partial charge < -0.3 is 9.84 Å². The number of hydrogen-bond donors (Lipinski definition) is 2. The fourth-order valence-electron chi connectivity index (χ4n) is 1.62. The highest BCUT2D eigenvalue weighted by atomic mass is 32.2. The molecule has 0 amide bonds. The van der Waals surface area contributed by atoms with E-state index in [0.29, 0.717) is 6.42 Å². The van der Waals surface area contributed by atoms with Crippen LogP contribution in [0.15, 0.2) is 23.1 Å². The van der Waals surface area contributed by atoms with Crippen molar-refractivity contribution in [1.82, 2.24) is 4.72 Å². The maximum atomic E-state index is 13.8. The van der Waals surface area contributed by atoms with Crippen LogP contribution in [0.2, 0.25) is 0 Å². The van der Waals surface area contributed by atoms with Crippen molar-refractivity contribution in [3.05, 3.63) is 29.6 Å². The standard InChI is InChI=1S/C14H18FNO4S/c1-3-12(10-20-2)16-21(18,19)13-7-6-11(5-4-8-17)14(15)9-13/h6-7,9,12,16-17H,3,8,10H2,1-2H3. The molecule has 5 nitrogen and oxygen atoms in total. The lowest BCUT2D eigenvalue weighted by Gasteiger charge is -2.16. The van der Waals surface area contributed by atoms with E-state index in [0.717, 1.165) is 6.07 Å². The SMILES string of the molecule is CCC(COC)NS(=O)(=O)c1ccc(C#CCO)c(F)c1. The van der Waals surface area contributed by atoms with Gasteiger partial charge in [-0.15, -0.1) is 0 Å². The summed E-state index contributed by atoms with van der Waals surface area (Å²) in [6, 6.07) is 3.07. The molecule has 116 valence electrons. The minimum Gasteiger partial charge on any atom is -0.384 e. The monoisotopic (exact) mass is 315 g/mol. The molecule has 0 saturated carbocycles. The molecule has 0 aliphatic rings. The Hall–Kier alpha value is -1.46. The fourth-order valence-corrected chi connectivity index (χ4v) is 2.94. The first-order valence-electron chi connectivity index (χ1n) is 6.35. The molecule has 2 N–H and O–H groups in total. The van der Waals surface area contributed by atoms with Crippen molar-refractivity contribution in [1.29, 1.82) is 0 Å². The zero-order chi connectivity index (χ0) is 15.9. The van der Waals surface area contributed by atoms with Crippen LogP contribution in [-0.4, -0.2) is 39.9 Å². The molecule has 1 aromatic rings. The van der Waals surface area contributed by atoms with Gasteiger partial charge in [0, 0.05) is 13.2 Å². The van der Waals surface area contributed by atoms with Gasteiger partial charge in [-0.05, 0) is 24.6 Å². The van der Waals surface area contributed by atoms with E-state index in [4.69, 9.17) is 9.84 Å². The Morgan fingerprint density at radius 1 is 1.48 bits per heavy atom. The number of nitrogens with one attached hydrogen (secondary N) is 1. The smallest absolute Gasteiger partial charge is 0.241 e. The van der Waals surface area contributed by atoms with Crippen molar-refractivity contribution in [2.45, 2.75) is 24.3 Å². The van der Waals surface area contributed by atoms with Crippen molar-refractivity contribution in [3.63, 3.8) is 0 Å². The Morgan fingerprint density at radius 2 is 2.19 bits per heavy atom. The van der Waals surface area contributed by atoms with E-state index in [1.54, 1.807) is 0 Å². The van der Waals surface area contributed by atoms with Crippen molar-refractivity contribution in [2.75, 3.05) is 20.3 Å². The molecule has 0 aliphatic heterocycles. The summed E-state index contributed by atoms with van der Waals surface area (Å²) in [5.74, 6) is 3.96. The third-order valence-electron chi connectivity index (χ3n) is 2.74. The largest absolute Gasteiger partial charge is 0.384 e. The maximum Gasteiger partial charge on any atom is 0.241 e. The number of aliphatic hydroxyl groups excluding tert-OH is 1. The molecule has 0 heterocycles. The summed E-state index contributed by atoms with van der Waals surface area (Å²) in [7, 11) is -2.34. The van der Waals surface area contributed by atoms with E-state index >= 15 is 0 Å². The second kappa shape index (κ2) is 8.10. The highest BCUT2D eigenvalue weighted by Gasteiger charge is 2.20. The van der Waals surface area contributed by atoms with Crippen molar-refractivity contribution < 1.29 is 22.7 Å². The number of aliphatic hydroxyl groups is 1. The molecule has 7 heteroatoms. The van der Waals surface area contributed by atoms with Gasteiger partial charge in [0.05, 0.1) is 17.1 Å². The average molecular weight is 315 g/mol. The Morgan fingerprint density at radius 3 is 2.71 bits per heavy atom. The van der Waals surface area contributed by atoms with E-state index in [-0.39, 0.29) is 23.1 Å². The molecular formula is C14H18FNO4S. The summed E-state index contributed by atoms with van der Waals surface area (Å²) in [5, 5.41) is 8.57. The van der Waals surface area contributed by atoms with Crippen LogP contribution in [0.25, 0.3) is 0 Å². The molecule has 1 unspecified atom stereocenters. The molecule has 0 fully saturated rings. The van der Waals surface area contributed by atoms with Gasteiger partial charge in [-0.1, -0.05) is 18.8 Å². The fraction of sp³-hybridized carbons (Fsp3) is 0.429. The number of methoxy groups -OCH3 is 1. The van der Waals surface area contributed by atoms with Gasteiger partial charge in [0.2, 0.25) is 10.0 Å². The number of hydrogen-bond acceptors (Lipinski definition) is 4. The molecular weight excluding hydrogens is 297 g/mol. The number of rotatable bonds is 6. The highest BCUT2D eigenvalue weighted by molar-refractivity contribution is 7.89. The van der Waals surface area contributed by atoms with Crippen LogP contribution in [0.5, 0.6) is 0 Å². The average Bonchev–Trinajstić information content (AvgIpc) is 2.45. The topological polar surface area (TPSA) is 75.6 Å². The van der Waals surface area contributed by atoms with Gasteiger partial charge >= 0.3 is 0 Å². The lowest BCUT2D eigenvalue weighted by molar-refractivity contribution is 0.173. The quantitative estimate of drug-likeness (QED) is 0.764. The first-order chi connectivity index (χ1) is 9.94. The van der Waals surface area contributed by atoms with E-state index < -0.39 is 22.4 Å². The van der Waals surface area contributed by atoms with Crippen molar-refractivity contribution in [3.8, 4) is 11.8 Å².